The molecule has 0 fully saturated rings. The van der Waals surface area contributed by atoms with Crippen LogP contribution in [0.25, 0.3) is 0 Å². The summed E-state index contributed by atoms with van der Waals surface area (Å²) in [7, 11) is 0. The predicted molar refractivity (Wildman–Crippen MR) is 129 cm³/mol. The summed E-state index contributed by atoms with van der Waals surface area (Å²) in [5, 5.41) is 22.2. The number of carboxylic acids is 1. The van der Waals surface area contributed by atoms with E-state index in [0.717, 1.165) is 30.7 Å². The van der Waals surface area contributed by atoms with Crippen LogP contribution in [-0.2, 0) is 24.0 Å². The van der Waals surface area contributed by atoms with Crippen LogP contribution in [0.4, 0.5) is 11.4 Å². The molecule has 3 N–H and O–H groups in total. The molecule has 0 bridgehead atoms. The molecular weight excluding hydrogens is 435 g/mol. The number of hydrogen-bond acceptors (Lipinski definition) is 6. The van der Waals surface area contributed by atoms with E-state index in [2.05, 4.69) is 24.9 Å². The molecule has 0 radical (unpaired) electrons. The third kappa shape index (κ3) is 8.88. The van der Waals surface area contributed by atoms with Crippen molar-refractivity contribution in [2.45, 2.75) is 46.1 Å². The molecule has 9 heteroatoms. The molecular formula is C24H31LiN2O5S. The van der Waals surface area contributed by atoms with Gasteiger partial charge in [-0.3, -0.25) is 4.79 Å². The molecule has 0 atom stereocenters. The van der Waals surface area contributed by atoms with Crippen LogP contribution >= 0.6 is 0 Å². The van der Waals surface area contributed by atoms with E-state index < -0.39 is 5.97 Å². The minimum Gasteiger partial charge on any atom is -0.793 e. The number of nitrogens with one attached hydrogen (secondary N) is 1. The number of aromatic carboxylic acids is 1. The largest absolute Gasteiger partial charge is 1.00 e. The topological polar surface area (TPSA) is 99.1 Å². The van der Waals surface area contributed by atoms with E-state index in [4.69, 9.17) is 9.84 Å². The van der Waals surface area contributed by atoms with Crippen molar-refractivity contribution < 1.29 is 43.4 Å². The molecule has 0 saturated heterocycles. The van der Waals surface area contributed by atoms with E-state index in [1.165, 1.54) is 12.1 Å². The van der Waals surface area contributed by atoms with Crippen LogP contribution in [0.15, 0.2) is 36.4 Å². The number of ether oxygens (including phenoxy) is 1. The Bertz CT molecular complexity index is 926. The fourth-order valence-electron chi connectivity index (χ4n) is 3.31. The summed E-state index contributed by atoms with van der Waals surface area (Å²) in [6.07, 6.45) is 3.46. The first-order chi connectivity index (χ1) is 15.4. The predicted octanol–water partition coefficient (Wildman–Crippen LogP) is 1.57. The van der Waals surface area contributed by atoms with Crippen LogP contribution in [0.2, 0.25) is 0 Å². The van der Waals surface area contributed by atoms with Gasteiger partial charge < -0.3 is 37.8 Å². The molecule has 1 amide bonds. The number of rotatable bonds is 8. The van der Waals surface area contributed by atoms with E-state index >= 15 is 0 Å². The maximum Gasteiger partial charge on any atom is 1.00 e. The van der Waals surface area contributed by atoms with Gasteiger partial charge in [0.2, 0.25) is 5.91 Å². The first-order valence-electron chi connectivity index (χ1n) is 10.8. The number of fused-ring (bicyclic) bond motifs is 1. The summed E-state index contributed by atoms with van der Waals surface area (Å²) in [4.78, 5) is 25.2. The molecule has 174 valence electrons. The molecule has 0 spiro atoms. The van der Waals surface area contributed by atoms with Gasteiger partial charge in [-0.15, -0.1) is 0 Å². The smallest absolute Gasteiger partial charge is 0.793 e. The first kappa shape index (κ1) is 28.8. The molecule has 3 rings (SSSR count). The summed E-state index contributed by atoms with van der Waals surface area (Å²) in [5.41, 5.74) is 2.19. The third-order valence-corrected chi connectivity index (χ3v) is 4.90. The average Bonchev–Trinajstić information content (AvgIpc) is 2.76. The van der Waals surface area contributed by atoms with Gasteiger partial charge in [0.25, 0.3) is 0 Å². The zero-order valence-corrected chi connectivity index (χ0v) is 20.4. The number of phenolic OH excluding ortho intramolecular Hbond substituents is 1. The Kier molecular flexibility index (Phi) is 12.9. The van der Waals surface area contributed by atoms with Crippen LogP contribution < -0.4 is 33.8 Å². The van der Waals surface area contributed by atoms with Crippen LogP contribution in [0.1, 0.15) is 55.5 Å². The minimum atomic E-state index is -1.08. The van der Waals surface area contributed by atoms with Crippen molar-refractivity contribution in [1.82, 2.24) is 0 Å². The number of nitrogens with zero attached hydrogens (tertiary/aromatic N) is 1. The van der Waals surface area contributed by atoms with Gasteiger partial charge in [0.1, 0.15) is 18.1 Å². The van der Waals surface area contributed by atoms with Crippen LogP contribution in [-0.4, -0.2) is 41.0 Å². The molecule has 1 aliphatic heterocycles. The number of carbonyl (C=O) groups excluding carboxylic acids is 1. The Morgan fingerprint density at radius 3 is 2.52 bits per heavy atom. The minimum absolute atomic E-state index is 0. The van der Waals surface area contributed by atoms with Crippen LogP contribution in [0, 0.1) is 0 Å². The van der Waals surface area contributed by atoms with Crippen molar-refractivity contribution in [1.29, 1.82) is 0 Å². The van der Waals surface area contributed by atoms with Gasteiger partial charge >= 0.3 is 24.8 Å². The molecule has 1 aliphatic rings. The van der Waals surface area contributed by atoms with E-state index in [-0.39, 0.29) is 36.1 Å². The maximum atomic E-state index is 12.1. The molecule has 2 aromatic carbocycles. The fraction of sp³-hybridized carbons (Fsp3) is 0.417. The Labute approximate surface area is 213 Å². The van der Waals surface area contributed by atoms with E-state index in [0.29, 0.717) is 43.1 Å². The van der Waals surface area contributed by atoms with Gasteiger partial charge in [0.05, 0.1) is 17.8 Å². The number of carboxylic acid groups (broad SMARTS) is 1. The molecule has 0 aliphatic carbocycles. The Hall–Kier alpha value is -2.27. The van der Waals surface area contributed by atoms with E-state index in [1.807, 2.05) is 30.0 Å². The van der Waals surface area contributed by atoms with Crippen LogP contribution in [0.5, 0.6) is 11.5 Å². The third-order valence-electron chi connectivity index (χ3n) is 4.90. The number of unbranched alkanes of at least 4 members (excludes halogenated alkanes) is 2. The van der Waals surface area contributed by atoms with Gasteiger partial charge in [-0.2, -0.15) is 5.75 Å². The van der Waals surface area contributed by atoms with Crippen molar-refractivity contribution in [3.63, 3.8) is 0 Å². The van der Waals surface area contributed by atoms with Gasteiger partial charge in [-0.25, -0.2) is 4.79 Å². The second-order valence-electron chi connectivity index (χ2n) is 7.40. The number of phenols is 1. The fourth-order valence-corrected chi connectivity index (χ4v) is 3.31. The molecule has 0 unspecified atom stereocenters. The first-order valence-corrected chi connectivity index (χ1v) is 11.4. The number of carbonyl (C=O) groups is 2. The van der Waals surface area contributed by atoms with Gasteiger partial charge in [0, 0.05) is 24.2 Å². The van der Waals surface area contributed by atoms with Crippen molar-refractivity contribution >= 4 is 35.9 Å². The second kappa shape index (κ2) is 14.8. The quantitative estimate of drug-likeness (QED) is 0.309. The summed E-state index contributed by atoms with van der Waals surface area (Å²) in [5.74, 6) is 0.395. The summed E-state index contributed by atoms with van der Waals surface area (Å²) >= 11 is 4.39. The number of hydrogen-bond donors (Lipinski definition) is 3. The Balaban J connectivity index is 0.00000129. The zero-order valence-electron chi connectivity index (χ0n) is 19.6. The molecule has 0 saturated carbocycles. The molecule has 0 aromatic heterocycles. The van der Waals surface area contributed by atoms with Gasteiger partial charge in [0.15, 0.2) is 0 Å². The zero-order chi connectivity index (χ0) is 23.5. The van der Waals surface area contributed by atoms with Crippen molar-refractivity contribution in [2.75, 3.05) is 29.1 Å². The number of anilines is 2. The molecule has 2 aromatic rings. The number of aromatic hydroxyl groups is 1. The average molecular weight is 467 g/mol. The second-order valence-corrected chi connectivity index (χ2v) is 7.97. The number of benzene rings is 2. The Morgan fingerprint density at radius 2 is 1.88 bits per heavy atom. The SMILES string of the molecule is CCCCCC(=O)Nc1ccc2c(c1)N(Cc1ccc(C(=O)O)cc1O)CCO2.CC[S-].[Li+]. The van der Waals surface area contributed by atoms with Crippen LogP contribution in [0.3, 0.4) is 0 Å². The molecule has 1 heterocycles. The summed E-state index contributed by atoms with van der Waals surface area (Å²) in [6.45, 7) is 5.55. The van der Waals surface area contributed by atoms with E-state index in [9.17, 15) is 14.7 Å². The molecule has 7 nitrogen and oxygen atoms in total. The standard InChI is InChI=1S/C22H26N2O5.C2H6S.Li/c1-2-3-4-5-21(26)23-17-8-9-20-18(13-17)24(10-11-29-20)14-16-7-6-15(22(27)28)12-19(16)25;1-2-3;/h6-9,12-13,25H,2-5,10-11,14H2,1H3,(H,23,26)(H,27,28);3H,2H2,1H3;/q;;+1/p-1. The van der Waals surface area contributed by atoms with Crippen molar-refractivity contribution in [3.05, 3.63) is 47.5 Å². The monoisotopic (exact) mass is 466 g/mol. The van der Waals surface area contributed by atoms with Gasteiger partial charge in [-0.05, 0) is 36.8 Å². The van der Waals surface area contributed by atoms with E-state index in [1.54, 1.807) is 6.07 Å². The maximum absolute atomic E-state index is 12.1. The van der Waals surface area contributed by atoms with Gasteiger partial charge in [-0.1, -0.05) is 32.8 Å². The normalized spacial score (nSPS) is 11.8. The van der Waals surface area contributed by atoms with Crippen molar-refractivity contribution in [2.24, 2.45) is 0 Å². The molecule has 33 heavy (non-hydrogen) atoms. The number of amides is 1. The summed E-state index contributed by atoms with van der Waals surface area (Å²) < 4.78 is 5.72. The Morgan fingerprint density at radius 1 is 1.15 bits per heavy atom. The summed E-state index contributed by atoms with van der Waals surface area (Å²) in [6, 6.07) is 9.87. The van der Waals surface area contributed by atoms with Crippen molar-refractivity contribution in [3.8, 4) is 11.5 Å².